The van der Waals surface area contributed by atoms with Crippen molar-refractivity contribution < 1.29 is 41.0 Å². The number of ether oxygens (including phenoxy) is 1. The highest BCUT2D eigenvalue weighted by Gasteiger charge is 2.38. The van der Waals surface area contributed by atoms with Crippen LogP contribution in [0.4, 0.5) is 13.2 Å². The standard InChI is InChI=1S/C14H20N2O4S.C2HF3O2/c1-20-14(17)13(9-11-5-3-2-4-6-11)16-21(18,19)12-7-8-15-10-12;3-2(4,5)1(6)7/h2-6,12-13,15-16H,7-10H2,1H3;(H,6,7)/t12-,13-;/m0./s1. The first-order valence-corrected chi connectivity index (χ1v) is 9.65. The van der Waals surface area contributed by atoms with Crippen LogP contribution in [0.25, 0.3) is 0 Å². The summed E-state index contributed by atoms with van der Waals surface area (Å²) in [5, 5.41) is 9.63. The van der Waals surface area contributed by atoms with Crippen LogP contribution in [0.5, 0.6) is 0 Å². The molecule has 1 fully saturated rings. The predicted octanol–water partition coefficient (Wildman–Crippen LogP) is 0.685. The van der Waals surface area contributed by atoms with Crippen LogP contribution < -0.4 is 10.0 Å². The summed E-state index contributed by atoms with van der Waals surface area (Å²) in [6.45, 7) is 1.09. The Morgan fingerprint density at radius 1 is 1.32 bits per heavy atom. The van der Waals surface area contributed by atoms with E-state index >= 15 is 0 Å². The zero-order valence-corrected chi connectivity index (χ0v) is 15.7. The van der Waals surface area contributed by atoms with Crippen molar-refractivity contribution in [1.29, 1.82) is 0 Å². The van der Waals surface area contributed by atoms with Gasteiger partial charge in [0.15, 0.2) is 0 Å². The second-order valence-electron chi connectivity index (χ2n) is 5.85. The number of carbonyl (C=O) groups is 2. The normalized spacial score (nSPS) is 17.9. The Kier molecular flexibility index (Phi) is 8.85. The molecule has 158 valence electrons. The van der Waals surface area contributed by atoms with E-state index in [4.69, 9.17) is 14.6 Å². The van der Waals surface area contributed by atoms with Gasteiger partial charge in [-0.1, -0.05) is 30.3 Å². The Morgan fingerprint density at radius 2 is 1.89 bits per heavy atom. The maximum atomic E-state index is 12.3. The van der Waals surface area contributed by atoms with Gasteiger partial charge in [-0.3, -0.25) is 4.79 Å². The molecule has 0 spiro atoms. The lowest BCUT2D eigenvalue weighted by atomic mass is 10.1. The quantitative estimate of drug-likeness (QED) is 0.572. The molecule has 0 bridgehead atoms. The number of nitrogens with one attached hydrogen (secondary N) is 2. The molecule has 0 aliphatic carbocycles. The average molecular weight is 426 g/mol. The number of benzene rings is 1. The number of hydrogen-bond acceptors (Lipinski definition) is 6. The Morgan fingerprint density at radius 3 is 2.32 bits per heavy atom. The second-order valence-corrected chi connectivity index (χ2v) is 7.84. The fourth-order valence-corrected chi connectivity index (χ4v) is 3.89. The van der Waals surface area contributed by atoms with Gasteiger partial charge in [0.1, 0.15) is 6.04 Å². The molecule has 2 atom stereocenters. The van der Waals surface area contributed by atoms with Gasteiger partial charge in [-0.2, -0.15) is 13.2 Å². The SMILES string of the molecule is COC(=O)[C@H](Cc1ccccc1)NS(=O)(=O)[C@H]1CCNC1.O=C(O)C(F)(F)F. The van der Waals surface area contributed by atoms with Crippen molar-refractivity contribution >= 4 is 22.0 Å². The maximum Gasteiger partial charge on any atom is 0.490 e. The predicted molar refractivity (Wildman–Crippen MR) is 93.0 cm³/mol. The highest BCUT2D eigenvalue weighted by molar-refractivity contribution is 7.90. The minimum atomic E-state index is -5.08. The fourth-order valence-electron chi connectivity index (χ4n) is 2.35. The van der Waals surface area contributed by atoms with Crippen molar-refractivity contribution in [1.82, 2.24) is 10.0 Å². The van der Waals surface area contributed by atoms with Crippen molar-refractivity contribution in [2.45, 2.75) is 30.3 Å². The number of hydrogen-bond donors (Lipinski definition) is 3. The molecule has 28 heavy (non-hydrogen) atoms. The lowest BCUT2D eigenvalue weighted by Gasteiger charge is -2.19. The van der Waals surface area contributed by atoms with E-state index in [0.717, 1.165) is 5.56 Å². The Bertz CT molecular complexity index is 749. The summed E-state index contributed by atoms with van der Waals surface area (Å²) in [5.41, 5.74) is 0.875. The van der Waals surface area contributed by atoms with Gasteiger partial charge < -0.3 is 15.2 Å². The third kappa shape index (κ3) is 7.82. The smallest absolute Gasteiger partial charge is 0.475 e. The molecule has 0 unspecified atom stereocenters. The van der Waals surface area contributed by atoms with E-state index in [1.165, 1.54) is 7.11 Å². The van der Waals surface area contributed by atoms with Gasteiger partial charge in [0.25, 0.3) is 0 Å². The monoisotopic (exact) mass is 426 g/mol. The first-order chi connectivity index (χ1) is 13.0. The van der Waals surface area contributed by atoms with Crippen LogP contribution in [0, 0.1) is 0 Å². The summed E-state index contributed by atoms with van der Waals surface area (Å²) in [6.07, 6.45) is -4.26. The Balaban J connectivity index is 0.000000480. The summed E-state index contributed by atoms with van der Waals surface area (Å²) in [4.78, 5) is 20.7. The molecule has 0 aromatic heterocycles. The van der Waals surface area contributed by atoms with Crippen molar-refractivity contribution in [3.8, 4) is 0 Å². The van der Waals surface area contributed by atoms with E-state index in [1.807, 2.05) is 30.3 Å². The molecule has 1 saturated heterocycles. The fraction of sp³-hybridized carbons (Fsp3) is 0.500. The van der Waals surface area contributed by atoms with E-state index in [9.17, 15) is 26.4 Å². The largest absolute Gasteiger partial charge is 0.490 e. The molecule has 1 heterocycles. The van der Waals surface area contributed by atoms with E-state index in [0.29, 0.717) is 19.5 Å². The van der Waals surface area contributed by atoms with Crippen LogP contribution in [0.3, 0.4) is 0 Å². The van der Waals surface area contributed by atoms with Gasteiger partial charge in [-0.25, -0.2) is 17.9 Å². The number of alkyl halides is 3. The number of aliphatic carboxylic acids is 1. The molecule has 1 aliphatic heterocycles. The number of carboxylic acids is 1. The molecule has 2 rings (SSSR count). The highest BCUT2D eigenvalue weighted by atomic mass is 32.2. The zero-order chi connectivity index (χ0) is 21.4. The summed E-state index contributed by atoms with van der Waals surface area (Å²) < 4.78 is 63.5. The van der Waals surface area contributed by atoms with Crippen LogP contribution >= 0.6 is 0 Å². The van der Waals surface area contributed by atoms with Crippen molar-refractivity contribution in [3.63, 3.8) is 0 Å². The van der Waals surface area contributed by atoms with E-state index in [2.05, 4.69) is 10.0 Å². The first-order valence-electron chi connectivity index (χ1n) is 8.11. The lowest BCUT2D eigenvalue weighted by Crippen LogP contribution is -2.47. The molecule has 1 aromatic rings. The highest BCUT2D eigenvalue weighted by Crippen LogP contribution is 2.13. The van der Waals surface area contributed by atoms with Gasteiger partial charge in [0.05, 0.1) is 12.4 Å². The summed E-state index contributed by atoms with van der Waals surface area (Å²) in [6, 6.07) is 8.36. The zero-order valence-electron chi connectivity index (χ0n) is 14.9. The number of methoxy groups -OCH3 is 1. The number of esters is 1. The first kappa shape index (κ1) is 23.9. The van der Waals surface area contributed by atoms with Gasteiger partial charge in [0, 0.05) is 6.54 Å². The molecule has 1 aromatic carbocycles. The van der Waals surface area contributed by atoms with Gasteiger partial charge in [-0.05, 0) is 24.9 Å². The van der Waals surface area contributed by atoms with Crippen LogP contribution in [0.1, 0.15) is 12.0 Å². The molecule has 0 saturated carbocycles. The molecule has 0 amide bonds. The van der Waals surface area contributed by atoms with Crippen molar-refractivity contribution in [2.75, 3.05) is 20.2 Å². The summed E-state index contributed by atoms with van der Waals surface area (Å²) in [7, 11) is -2.29. The van der Waals surface area contributed by atoms with E-state index in [-0.39, 0.29) is 6.42 Å². The van der Waals surface area contributed by atoms with Gasteiger partial charge >= 0.3 is 18.1 Å². The molecular weight excluding hydrogens is 405 g/mol. The lowest BCUT2D eigenvalue weighted by molar-refractivity contribution is -0.192. The second kappa shape index (κ2) is 10.4. The number of carboxylic acid groups (broad SMARTS) is 1. The average Bonchev–Trinajstić information content (AvgIpc) is 3.16. The van der Waals surface area contributed by atoms with Crippen LogP contribution in [-0.2, 0) is 30.8 Å². The Labute approximate surface area is 160 Å². The van der Waals surface area contributed by atoms with Gasteiger partial charge in [-0.15, -0.1) is 0 Å². The van der Waals surface area contributed by atoms with Crippen LogP contribution in [0.15, 0.2) is 30.3 Å². The summed E-state index contributed by atoms with van der Waals surface area (Å²) >= 11 is 0. The molecule has 12 heteroatoms. The van der Waals surface area contributed by atoms with Crippen LogP contribution in [0.2, 0.25) is 0 Å². The third-order valence-electron chi connectivity index (χ3n) is 3.77. The molecule has 3 N–H and O–H groups in total. The third-order valence-corrected chi connectivity index (χ3v) is 5.66. The summed E-state index contributed by atoms with van der Waals surface area (Å²) in [5.74, 6) is -3.33. The maximum absolute atomic E-state index is 12.3. The van der Waals surface area contributed by atoms with Crippen molar-refractivity contribution in [2.24, 2.45) is 0 Å². The van der Waals surface area contributed by atoms with Gasteiger partial charge in [0.2, 0.25) is 10.0 Å². The number of sulfonamides is 1. The molecular formula is C16H21F3N2O6S. The topological polar surface area (TPSA) is 122 Å². The number of halogens is 3. The molecule has 1 aliphatic rings. The minimum absolute atomic E-state index is 0.271. The number of rotatable bonds is 6. The minimum Gasteiger partial charge on any atom is -0.475 e. The van der Waals surface area contributed by atoms with Crippen molar-refractivity contribution in [3.05, 3.63) is 35.9 Å². The van der Waals surface area contributed by atoms with E-state index < -0.39 is 39.4 Å². The Hall–Kier alpha value is -2.18. The number of carbonyl (C=O) groups excluding carboxylic acids is 1. The van der Waals surface area contributed by atoms with Crippen LogP contribution in [-0.4, -0.2) is 63.1 Å². The molecule has 0 radical (unpaired) electrons. The molecule has 8 nitrogen and oxygen atoms in total. The van der Waals surface area contributed by atoms with E-state index in [1.54, 1.807) is 0 Å².